The molecular formula is C49H48N6O6. The standard InChI is InChI=1S/C49H48N6O6/c1-8-30-24(3)35-20-37-26(5)32(17-18-41(56)61-7)44(52-37)43-45-42(27(6)38(53-45)22-40-31(9-2)25(4)36(51-40)21-39(30)50-35)48(59)54(49(43)60)23-28-15-16-33-34(19-28)47(58)55(46(33)57)29-13-11-10-12-14-29/h8,10-15,20-22,26,32-34,52-53H,1,9,16-19,23H2,2-7H3/t26-,32-,33+,34-/m0/s1. The molecule has 0 unspecified atom stereocenters. The van der Waals surface area contributed by atoms with E-state index in [1.807, 2.05) is 50.3 Å². The fourth-order valence-corrected chi connectivity index (χ4v) is 10.1. The maximum absolute atomic E-state index is 15.3. The van der Waals surface area contributed by atoms with Crippen molar-refractivity contribution in [2.45, 2.75) is 78.6 Å². The normalized spacial score (nSPS) is 21.6. The lowest BCUT2D eigenvalue weighted by Gasteiger charge is -2.30. The first-order chi connectivity index (χ1) is 29.3. The van der Waals surface area contributed by atoms with Crippen LogP contribution in [0.5, 0.6) is 0 Å². The fourth-order valence-electron chi connectivity index (χ4n) is 10.1. The lowest BCUT2D eigenvalue weighted by Crippen LogP contribution is -2.42. The van der Waals surface area contributed by atoms with Crippen molar-refractivity contribution in [3.63, 3.8) is 0 Å². The van der Waals surface area contributed by atoms with Crippen molar-refractivity contribution < 1.29 is 28.7 Å². The Labute approximate surface area is 353 Å². The number of nitrogens with one attached hydrogen (secondary N) is 2. The van der Waals surface area contributed by atoms with Crippen molar-refractivity contribution in [2.24, 2.45) is 11.8 Å². The molecule has 0 saturated carbocycles. The van der Waals surface area contributed by atoms with Gasteiger partial charge in [0, 0.05) is 40.7 Å². The molecule has 1 aliphatic carbocycles. The van der Waals surface area contributed by atoms with Gasteiger partial charge in [-0.1, -0.05) is 56.4 Å². The predicted molar refractivity (Wildman–Crippen MR) is 234 cm³/mol. The van der Waals surface area contributed by atoms with Gasteiger partial charge in [-0.15, -0.1) is 0 Å². The van der Waals surface area contributed by atoms with Crippen LogP contribution < -0.4 is 4.90 Å². The van der Waals surface area contributed by atoms with Crippen molar-refractivity contribution in [3.05, 3.63) is 124 Å². The number of ether oxygens (including phenoxy) is 1. The molecule has 0 spiro atoms. The summed E-state index contributed by atoms with van der Waals surface area (Å²) in [5, 5.41) is 0. The second-order valence-electron chi connectivity index (χ2n) is 16.7. The first kappa shape index (κ1) is 39.8. The number of aromatic amines is 2. The molecule has 1 aromatic carbocycles. The average Bonchev–Trinajstić information content (AvgIpc) is 3.99. The number of esters is 1. The van der Waals surface area contributed by atoms with Crippen molar-refractivity contribution in [2.75, 3.05) is 18.6 Å². The van der Waals surface area contributed by atoms with E-state index in [0.717, 1.165) is 62.8 Å². The molecule has 61 heavy (non-hydrogen) atoms. The van der Waals surface area contributed by atoms with Crippen LogP contribution >= 0.6 is 0 Å². The van der Waals surface area contributed by atoms with Gasteiger partial charge in [-0.2, -0.15) is 0 Å². The van der Waals surface area contributed by atoms with Gasteiger partial charge in [0.2, 0.25) is 11.8 Å². The summed E-state index contributed by atoms with van der Waals surface area (Å²) in [5.41, 5.74) is 12.0. The van der Waals surface area contributed by atoms with Crippen molar-refractivity contribution in [3.8, 4) is 0 Å². The third kappa shape index (κ3) is 6.30. The lowest BCUT2D eigenvalue weighted by molar-refractivity contribution is -0.140. The summed E-state index contributed by atoms with van der Waals surface area (Å²) >= 11 is 0. The second-order valence-corrected chi connectivity index (χ2v) is 16.7. The minimum atomic E-state index is -0.604. The number of amides is 4. The number of carbonyl (C=O) groups is 5. The van der Waals surface area contributed by atoms with E-state index < -0.39 is 23.7 Å². The van der Waals surface area contributed by atoms with E-state index in [0.29, 0.717) is 51.9 Å². The van der Waals surface area contributed by atoms with Crippen LogP contribution in [0, 0.1) is 18.8 Å². The highest BCUT2D eigenvalue weighted by Crippen LogP contribution is 2.46. The number of methoxy groups -OCH3 is 1. The predicted octanol–water partition coefficient (Wildman–Crippen LogP) is 8.77. The maximum atomic E-state index is 15.3. The SMILES string of the molecule is C=CC1=C(C)c2cc3[nH]c(c4c5[nH]c(cc6nc(cc1n2)C(C)=C6CC)c(C)c5C(=O)N(CC1=CC[C@H]2C(=O)N(c5ccccc5)C(=O)[C@H]2C1)C4=O)[C@@H](CCC(=O)OC)[C@@H]3C. The average molecular weight is 817 g/mol. The van der Waals surface area contributed by atoms with E-state index in [1.165, 1.54) is 16.9 Å². The van der Waals surface area contributed by atoms with Crippen molar-refractivity contribution in [1.82, 2.24) is 24.8 Å². The van der Waals surface area contributed by atoms with Gasteiger partial charge in [-0.05, 0) is 99.1 Å². The fraction of sp³-hybridized carbons (Fsp3) is 0.327. The number of imide groups is 2. The van der Waals surface area contributed by atoms with Gasteiger partial charge in [-0.25, -0.2) is 9.97 Å². The zero-order valence-electron chi connectivity index (χ0n) is 35.3. The Balaban J connectivity index is 1.23. The number of anilines is 1. The molecule has 9 rings (SSSR count). The molecule has 7 heterocycles. The molecule has 310 valence electrons. The van der Waals surface area contributed by atoms with E-state index in [4.69, 9.17) is 14.7 Å². The number of hydrogen-bond acceptors (Lipinski definition) is 8. The molecule has 5 aliphatic heterocycles. The molecular weight excluding hydrogens is 769 g/mol. The van der Waals surface area contributed by atoms with Crippen LogP contribution in [0.4, 0.5) is 5.69 Å². The van der Waals surface area contributed by atoms with Crippen LogP contribution in [0.15, 0.2) is 72.8 Å². The molecule has 4 atom stereocenters. The Hall–Kier alpha value is -6.69. The number of aryl methyl sites for hydroxylation is 1. The third-order valence-corrected chi connectivity index (χ3v) is 13.5. The Kier molecular flexibility index (Phi) is 9.84. The number of hydrogen-bond donors (Lipinski definition) is 2. The number of rotatable bonds is 8. The van der Waals surface area contributed by atoms with Gasteiger partial charge < -0.3 is 14.7 Å². The van der Waals surface area contributed by atoms with Crippen molar-refractivity contribution >= 4 is 68.6 Å². The summed E-state index contributed by atoms with van der Waals surface area (Å²) in [6.45, 7) is 14.1. The highest BCUT2D eigenvalue weighted by atomic mass is 16.5. The van der Waals surface area contributed by atoms with Crippen LogP contribution in [0.3, 0.4) is 0 Å². The molecule has 1 fully saturated rings. The highest BCUT2D eigenvalue weighted by molar-refractivity contribution is 6.24. The molecule has 3 aromatic rings. The van der Waals surface area contributed by atoms with Gasteiger partial charge in [-0.3, -0.25) is 33.8 Å². The summed E-state index contributed by atoms with van der Waals surface area (Å²) in [6.07, 6.45) is 5.50. The number of H-pyrrole nitrogens is 2. The monoisotopic (exact) mass is 816 g/mol. The van der Waals surface area contributed by atoms with E-state index in [2.05, 4.69) is 37.3 Å². The first-order valence-corrected chi connectivity index (χ1v) is 21.0. The molecule has 6 aliphatic rings. The van der Waals surface area contributed by atoms with E-state index in [-0.39, 0.29) is 49.0 Å². The third-order valence-electron chi connectivity index (χ3n) is 13.5. The summed E-state index contributed by atoms with van der Waals surface area (Å²) in [7, 11) is 1.36. The Morgan fingerprint density at radius 1 is 0.902 bits per heavy atom. The number of aromatic nitrogens is 4. The number of fused-ring (bicyclic) bond motifs is 9. The molecule has 0 radical (unpaired) electrons. The molecule has 8 bridgehead atoms. The molecule has 2 aromatic heterocycles. The summed E-state index contributed by atoms with van der Waals surface area (Å²) in [6, 6.07) is 14.9. The topological polar surface area (TPSA) is 158 Å². The minimum absolute atomic E-state index is 0.0504. The number of para-hydroxylation sites is 1. The molecule has 4 amide bonds. The number of allylic oxidation sites excluding steroid dienone is 6. The van der Waals surface area contributed by atoms with E-state index in [9.17, 15) is 19.2 Å². The van der Waals surface area contributed by atoms with Gasteiger partial charge in [0.15, 0.2) is 0 Å². The molecule has 12 heteroatoms. The van der Waals surface area contributed by atoms with Crippen molar-refractivity contribution in [1.29, 1.82) is 0 Å². The van der Waals surface area contributed by atoms with Crippen LogP contribution in [0.2, 0.25) is 0 Å². The lowest BCUT2D eigenvalue weighted by atomic mass is 9.81. The minimum Gasteiger partial charge on any atom is -0.469 e. The van der Waals surface area contributed by atoms with Crippen LogP contribution in [-0.2, 0) is 19.1 Å². The van der Waals surface area contributed by atoms with E-state index in [1.54, 1.807) is 24.3 Å². The highest BCUT2D eigenvalue weighted by Gasteiger charge is 2.50. The Morgan fingerprint density at radius 2 is 1.61 bits per heavy atom. The largest absolute Gasteiger partial charge is 0.469 e. The van der Waals surface area contributed by atoms with Crippen LogP contribution in [0.1, 0.15) is 132 Å². The summed E-state index contributed by atoms with van der Waals surface area (Å²) in [5.74, 6) is -3.48. The number of benzene rings is 1. The Morgan fingerprint density at radius 3 is 2.33 bits per heavy atom. The zero-order chi connectivity index (χ0) is 43.0. The Bertz CT molecular complexity index is 2800. The smallest absolute Gasteiger partial charge is 0.305 e. The number of nitrogens with zero attached hydrogens (tertiary/aromatic N) is 4. The molecule has 12 nitrogen and oxygen atoms in total. The first-order valence-electron chi connectivity index (χ1n) is 21.0. The van der Waals surface area contributed by atoms with Gasteiger partial charge in [0.1, 0.15) is 0 Å². The molecule has 2 N–H and O–H groups in total. The zero-order valence-corrected chi connectivity index (χ0v) is 35.3. The quantitative estimate of drug-likeness (QED) is 0.130. The van der Waals surface area contributed by atoms with Gasteiger partial charge >= 0.3 is 5.97 Å². The van der Waals surface area contributed by atoms with Gasteiger partial charge in [0.25, 0.3) is 11.8 Å². The van der Waals surface area contributed by atoms with Gasteiger partial charge in [0.05, 0.1) is 70.6 Å². The summed E-state index contributed by atoms with van der Waals surface area (Å²) in [4.78, 5) is 90.0. The maximum Gasteiger partial charge on any atom is 0.305 e. The van der Waals surface area contributed by atoms with E-state index >= 15 is 4.79 Å². The number of carbonyl (C=O) groups excluding carboxylic acids is 5. The summed E-state index contributed by atoms with van der Waals surface area (Å²) < 4.78 is 5.06. The molecule has 1 saturated heterocycles. The van der Waals surface area contributed by atoms with Crippen LogP contribution in [-0.4, -0.2) is 68.1 Å². The van der Waals surface area contributed by atoms with Crippen LogP contribution in [0.25, 0.3) is 33.3 Å². The second kappa shape index (κ2) is 15.1.